The molecule has 1 aliphatic heterocycles. The van der Waals surface area contributed by atoms with Gasteiger partial charge in [0.05, 0.1) is 11.8 Å². The van der Waals surface area contributed by atoms with E-state index in [1.165, 1.54) is 6.26 Å². The van der Waals surface area contributed by atoms with Crippen molar-refractivity contribution >= 4 is 26.7 Å². The van der Waals surface area contributed by atoms with Crippen molar-refractivity contribution < 1.29 is 8.42 Å². The molecule has 1 atom stereocenters. The van der Waals surface area contributed by atoms with Gasteiger partial charge in [0.25, 0.3) is 0 Å². The number of nitrogens with one attached hydrogen (secondary N) is 1. The van der Waals surface area contributed by atoms with Crippen LogP contribution in [0.15, 0.2) is 48.8 Å². The highest BCUT2D eigenvalue weighted by Gasteiger charge is 2.24. The lowest BCUT2D eigenvalue weighted by Crippen LogP contribution is -2.41. The van der Waals surface area contributed by atoms with E-state index < -0.39 is 10.0 Å². The monoisotopic (exact) mass is 397 g/mol. The Bertz CT molecular complexity index is 1070. The van der Waals surface area contributed by atoms with Crippen LogP contribution in [0.2, 0.25) is 0 Å². The van der Waals surface area contributed by atoms with Gasteiger partial charge < -0.3 is 4.90 Å². The molecule has 4 rings (SSSR count). The van der Waals surface area contributed by atoms with Crippen molar-refractivity contribution in [3.8, 4) is 11.4 Å². The summed E-state index contributed by atoms with van der Waals surface area (Å²) in [6, 6.07) is 11.8. The number of benzene rings is 1. The van der Waals surface area contributed by atoms with Crippen molar-refractivity contribution in [3.05, 3.63) is 48.8 Å². The van der Waals surface area contributed by atoms with Crippen molar-refractivity contribution in [2.24, 2.45) is 5.92 Å². The molecule has 0 amide bonds. The molecular formula is C20H23N5O2S. The average Bonchev–Trinajstić information content (AvgIpc) is 2.72. The predicted molar refractivity (Wildman–Crippen MR) is 111 cm³/mol. The van der Waals surface area contributed by atoms with Crippen molar-refractivity contribution in [3.63, 3.8) is 0 Å². The first-order chi connectivity index (χ1) is 13.5. The summed E-state index contributed by atoms with van der Waals surface area (Å²) >= 11 is 0. The maximum absolute atomic E-state index is 11.5. The summed E-state index contributed by atoms with van der Waals surface area (Å²) in [5, 5.41) is 1.01. The Morgan fingerprint density at radius 3 is 2.71 bits per heavy atom. The first-order valence-corrected chi connectivity index (χ1v) is 11.3. The predicted octanol–water partition coefficient (Wildman–Crippen LogP) is 2.46. The van der Waals surface area contributed by atoms with E-state index in [4.69, 9.17) is 9.97 Å². The van der Waals surface area contributed by atoms with Crippen LogP contribution in [0, 0.1) is 5.92 Å². The summed E-state index contributed by atoms with van der Waals surface area (Å²) < 4.78 is 25.5. The molecule has 146 valence electrons. The van der Waals surface area contributed by atoms with Crippen LogP contribution in [0.3, 0.4) is 0 Å². The highest BCUT2D eigenvalue weighted by atomic mass is 32.2. The van der Waals surface area contributed by atoms with Gasteiger partial charge in [0, 0.05) is 43.0 Å². The zero-order valence-electron chi connectivity index (χ0n) is 15.7. The second kappa shape index (κ2) is 7.81. The topological polar surface area (TPSA) is 88.1 Å². The molecule has 1 saturated heterocycles. The molecule has 0 spiro atoms. The van der Waals surface area contributed by atoms with Gasteiger partial charge in [0.1, 0.15) is 5.82 Å². The molecule has 3 heterocycles. The number of nitrogens with zero attached hydrogens (tertiary/aromatic N) is 4. The Hall–Kier alpha value is -2.58. The van der Waals surface area contributed by atoms with E-state index in [0.717, 1.165) is 48.2 Å². The number of piperidine rings is 1. The lowest BCUT2D eigenvalue weighted by molar-refractivity contribution is 0.410. The minimum absolute atomic E-state index is 0.251. The number of aromatic nitrogens is 3. The van der Waals surface area contributed by atoms with E-state index in [9.17, 15) is 8.42 Å². The molecule has 0 aliphatic carbocycles. The minimum atomic E-state index is -3.18. The zero-order chi connectivity index (χ0) is 19.6. The van der Waals surface area contributed by atoms with E-state index >= 15 is 0 Å². The number of hydrogen-bond acceptors (Lipinski definition) is 6. The maximum Gasteiger partial charge on any atom is 0.208 e. The number of fused-ring (bicyclic) bond motifs is 1. The number of pyridine rings is 1. The van der Waals surface area contributed by atoms with Crippen molar-refractivity contribution in [2.45, 2.75) is 12.8 Å². The van der Waals surface area contributed by atoms with Gasteiger partial charge in [-0.25, -0.2) is 23.1 Å². The molecule has 8 heteroatoms. The van der Waals surface area contributed by atoms with Gasteiger partial charge in [0.15, 0.2) is 5.82 Å². The first kappa shape index (κ1) is 18.8. The molecule has 3 aromatic rings. The van der Waals surface area contributed by atoms with Crippen LogP contribution in [0.25, 0.3) is 22.3 Å². The van der Waals surface area contributed by atoms with Gasteiger partial charge in [-0.2, -0.15) is 0 Å². The van der Waals surface area contributed by atoms with Crippen molar-refractivity contribution in [2.75, 3.05) is 30.8 Å². The van der Waals surface area contributed by atoms with Crippen molar-refractivity contribution in [1.29, 1.82) is 0 Å². The second-order valence-corrected chi connectivity index (χ2v) is 9.03. The van der Waals surface area contributed by atoms with Crippen LogP contribution >= 0.6 is 0 Å². The van der Waals surface area contributed by atoms with Gasteiger partial charge in [0.2, 0.25) is 10.0 Å². The Morgan fingerprint density at radius 2 is 1.93 bits per heavy atom. The average molecular weight is 398 g/mol. The lowest BCUT2D eigenvalue weighted by Gasteiger charge is -2.34. The molecule has 1 aliphatic rings. The summed E-state index contributed by atoms with van der Waals surface area (Å²) in [5.41, 5.74) is 1.82. The molecule has 1 fully saturated rings. The van der Waals surface area contributed by atoms with E-state index in [2.05, 4.69) is 14.6 Å². The first-order valence-electron chi connectivity index (χ1n) is 9.36. The van der Waals surface area contributed by atoms with E-state index in [-0.39, 0.29) is 5.92 Å². The Kier molecular flexibility index (Phi) is 5.23. The van der Waals surface area contributed by atoms with Gasteiger partial charge in [-0.3, -0.25) is 4.98 Å². The van der Waals surface area contributed by atoms with Gasteiger partial charge >= 0.3 is 0 Å². The van der Waals surface area contributed by atoms with Gasteiger partial charge in [-0.1, -0.05) is 12.1 Å². The Labute approximate surface area is 164 Å². The van der Waals surface area contributed by atoms with Crippen molar-refractivity contribution in [1.82, 2.24) is 19.7 Å². The fraction of sp³-hybridized carbons (Fsp3) is 0.350. The van der Waals surface area contributed by atoms with Crippen LogP contribution in [-0.4, -0.2) is 49.3 Å². The highest BCUT2D eigenvalue weighted by Crippen LogP contribution is 2.30. The van der Waals surface area contributed by atoms with Crippen LogP contribution in [0.4, 0.5) is 5.82 Å². The second-order valence-electron chi connectivity index (χ2n) is 7.20. The molecule has 0 radical (unpaired) electrons. The van der Waals surface area contributed by atoms with Crippen LogP contribution < -0.4 is 9.62 Å². The fourth-order valence-corrected chi connectivity index (χ4v) is 4.16. The molecule has 0 bridgehead atoms. The molecule has 28 heavy (non-hydrogen) atoms. The standard InChI is InChI=1S/C20H23N5O2S/c1-28(26,27)22-13-15-5-4-12-25(14-15)20-17-6-2-3-7-18(17)23-19(24-20)16-8-10-21-11-9-16/h2-3,6-11,15,22H,4-5,12-14H2,1H3/t15-/m1/s1. The molecular weight excluding hydrogens is 374 g/mol. The van der Waals surface area contributed by atoms with E-state index in [0.29, 0.717) is 12.4 Å². The molecule has 0 unspecified atom stereocenters. The normalized spacial score (nSPS) is 17.8. The number of anilines is 1. The number of para-hydroxylation sites is 1. The smallest absolute Gasteiger partial charge is 0.208 e. The third-order valence-electron chi connectivity index (χ3n) is 4.97. The summed E-state index contributed by atoms with van der Waals surface area (Å²) in [5.74, 6) is 1.83. The van der Waals surface area contributed by atoms with Crippen LogP contribution in [0.5, 0.6) is 0 Å². The highest BCUT2D eigenvalue weighted by molar-refractivity contribution is 7.88. The number of hydrogen-bond donors (Lipinski definition) is 1. The maximum atomic E-state index is 11.5. The summed E-state index contributed by atoms with van der Waals surface area (Å²) in [7, 11) is -3.18. The number of sulfonamides is 1. The zero-order valence-corrected chi connectivity index (χ0v) is 16.6. The summed E-state index contributed by atoms with van der Waals surface area (Å²) in [6.07, 6.45) is 6.67. The fourth-order valence-electron chi connectivity index (χ4n) is 3.62. The van der Waals surface area contributed by atoms with Crippen LogP contribution in [-0.2, 0) is 10.0 Å². The molecule has 7 nitrogen and oxygen atoms in total. The Balaban J connectivity index is 1.69. The van der Waals surface area contributed by atoms with Gasteiger partial charge in [-0.15, -0.1) is 0 Å². The lowest BCUT2D eigenvalue weighted by atomic mass is 9.98. The quantitative estimate of drug-likeness (QED) is 0.712. The van der Waals surface area contributed by atoms with E-state index in [1.54, 1.807) is 12.4 Å². The SMILES string of the molecule is CS(=O)(=O)NC[C@H]1CCCN(c2nc(-c3ccncc3)nc3ccccc23)C1. The number of rotatable bonds is 5. The van der Waals surface area contributed by atoms with E-state index in [1.807, 2.05) is 36.4 Å². The molecule has 1 N–H and O–H groups in total. The summed E-state index contributed by atoms with van der Waals surface area (Å²) in [4.78, 5) is 15.9. The Morgan fingerprint density at radius 1 is 1.14 bits per heavy atom. The molecule has 2 aromatic heterocycles. The third-order valence-corrected chi connectivity index (χ3v) is 5.67. The molecule has 0 saturated carbocycles. The summed E-state index contributed by atoms with van der Waals surface area (Å²) in [6.45, 7) is 2.11. The largest absolute Gasteiger partial charge is 0.356 e. The third kappa shape index (κ3) is 4.28. The van der Waals surface area contributed by atoms with Crippen LogP contribution in [0.1, 0.15) is 12.8 Å². The van der Waals surface area contributed by atoms with Gasteiger partial charge in [-0.05, 0) is 43.0 Å². The molecule has 1 aromatic carbocycles. The minimum Gasteiger partial charge on any atom is -0.356 e.